The first kappa shape index (κ1) is 16.5. The second-order valence-electron chi connectivity index (χ2n) is 5.13. The topological polar surface area (TPSA) is 72.5 Å². The lowest BCUT2D eigenvalue weighted by atomic mass is 10.1. The number of aromatic nitrogens is 4. The third-order valence-corrected chi connectivity index (χ3v) is 4.25. The number of fused-ring (bicyclic) bond motifs is 1. The number of nitrogens with zero attached hydrogens (tertiary/aromatic N) is 4. The smallest absolute Gasteiger partial charge is 0.253 e. The van der Waals surface area contributed by atoms with Crippen LogP contribution in [0.1, 0.15) is 5.56 Å². The summed E-state index contributed by atoms with van der Waals surface area (Å²) in [5, 5.41) is 15.0. The van der Waals surface area contributed by atoms with Gasteiger partial charge in [0.05, 0.1) is 6.10 Å². The number of rotatable bonds is 8. The summed E-state index contributed by atoms with van der Waals surface area (Å²) in [7, 11) is 0. The summed E-state index contributed by atoms with van der Waals surface area (Å²) in [5.41, 5.74) is 1.06. The molecular weight excluding hydrogens is 324 g/mol. The van der Waals surface area contributed by atoms with Gasteiger partial charge in [0.1, 0.15) is 12.4 Å². The molecule has 3 aromatic rings. The second kappa shape index (κ2) is 7.94. The summed E-state index contributed by atoms with van der Waals surface area (Å²) in [6, 6.07) is 9.55. The molecule has 2 aromatic heterocycles. The van der Waals surface area contributed by atoms with Crippen LogP contribution in [-0.2, 0) is 6.42 Å². The zero-order valence-corrected chi connectivity index (χ0v) is 13.9. The monoisotopic (exact) mass is 342 g/mol. The lowest BCUT2D eigenvalue weighted by molar-refractivity contribution is 0.126. The largest absolute Gasteiger partial charge is 0.491 e. The zero-order valence-electron chi connectivity index (χ0n) is 13.1. The lowest BCUT2D eigenvalue weighted by Gasteiger charge is -2.13. The summed E-state index contributed by atoms with van der Waals surface area (Å²) in [5.74, 6) is 1.76. The van der Waals surface area contributed by atoms with Gasteiger partial charge in [-0.1, -0.05) is 36.0 Å². The van der Waals surface area contributed by atoms with Gasteiger partial charge in [0.15, 0.2) is 0 Å². The molecule has 0 fully saturated rings. The van der Waals surface area contributed by atoms with Crippen LogP contribution in [0.25, 0.3) is 5.78 Å². The van der Waals surface area contributed by atoms with Gasteiger partial charge in [-0.2, -0.15) is 4.98 Å². The SMILES string of the molecule is C=CCc1ccccc1OCC(O)CSc1nc2ncccn2n1. The van der Waals surface area contributed by atoms with Crippen LogP contribution < -0.4 is 4.74 Å². The maximum Gasteiger partial charge on any atom is 0.253 e. The molecule has 0 saturated heterocycles. The van der Waals surface area contributed by atoms with Crippen molar-refractivity contribution in [1.29, 1.82) is 0 Å². The predicted molar refractivity (Wildman–Crippen MR) is 93.4 cm³/mol. The maximum absolute atomic E-state index is 10.1. The van der Waals surface area contributed by atoms with E-state index in [-0.39, 0.29) is 6.61 Å². The molecule has 0 aliphatic carbocycles. The standard InChI is InChI=1S/C17H18N4O2S/c1-2-6-13-7-3-4-8-15(13)23-11-14(22)12-24-17-19-16-18-9-5-10-21(16)20-17/h2-5,7-10,14,22H,1,6,11-12H2. The van der Waals surface area contributed by atoms with Gasteiger partial charge in [0, 0.05) is 18.1 Å². The fourth-order valence-corrected chi connectivity index (χ4v) is 2.88. The van der Waals surface area contributed by atoms with Gasteiger partial charge >= 0.3 is 0 Å². The molecule has 1 unspecified atom stereocenters. The van der Waals surface area contributed by atoms with Crippen molar-refractivity contribution < 1.29 is 9.84 Å². The number of ether oxygens (including phenoxy) is 1. The van der Waals surface area contributed by atoms with Gasteiger partial charge < -0.3 is 9.84 Å². The summed E-state index contributed by atoms with van der Waals surface area (Å²) < 4.78 is 7.34. The Morgan fingerprint density at radius 1 is 1.33 bits per heavy atom. The normalized spacial score (nSPS) is 12.2. The van der Waals surface area contributed by atoms with E-state index in [0.29, 0.717) is 16.7 Å². The van der Waals surface area contributed by atoms with Crippen LogP contribution in [-0.4, -0.2) is 43.2 Å². The van der Waals surface area contributed by atoms with E-state index in [1.54, 1.807) is 23.0 Å². The van der Waals surface area contributed by atoms with E-state index < -0.39 is 6.10 Å². The quantitative estimate of drug-likeness (QED) is 0.500. The molecule has 1 N–H and O–H groups in total. The molecule has 0 radical (unpaired) electrons. The number of aliphatic hydroxyl groups excluding tert-OH is 1. The van der Waals surface area contributed by atoms with Crippen LogP contribution in [0.5, 0.6) is 5.75 Å². The van der Waals surface area contributed by atoms with Gasteiger partial charge in [0.2, 0.25) is 5.16 Å². The molecule has 0 aliphatic heterocycles. The molecule has 1 aromatic carbocycles. The van der Waals surface area contributed by atoms with Crippen LogP contribution >= 0.6 is 11.8 Å². The highest BCUT2D eigenvalue weighted by atomic mass is 32.2. The minimum absolute atomic E-state index is 0.215. The van der Waals surface area contributed by atoms with E-state index in [2.05, 4.69) is 21.6 Å². The molecule has 6 nitrogen and oxygen atoms in total. The number of para-hydroxylation sites is 1. The predicted octanol–water partition coefficient (Wildman–Crippen LogP) is 2.38. The summed E-state index contributed by atoms with van der Waals surface area (Å²) in [6.07, 6.45) is 5.40. The van der Waals surface area contributed by atoms with Crippen molar-refractivity contribution in [3.63, 3.8) is 0 Å². The van der Waals surface area contributed by atoms with E-state index in [0.717, 1.165) is 17.7 Å². The Balaban J connectivity index is 1.52. The van der Waals surface area contributed by atoms with Crippen molar-refractivity contribution in [1.82, 2.24) is 19.6 Å². The molecule has 124 valence electrons. The Bertz CT molecular complexity index is 788. The van der Waals surface area contributed by atoms with Crippen molar-refractivity contribution in [2.75, 3.05) is 12.4 Å². The molecule has 7 heteroatoms. The minimum Gasteiger partial charge on any atom is -0.491 e. The fraction of sp³-hybridized carbons (Fsp3) is 0.235. The van der Waals surface area contributed by atoms with Gasteiger partial charge in [-0.15, -0.1) is 11.7 Å². The molecule has 0 spiro atoms. The molecule has 0 aliphatic rings. The summed E-state index contributed by atoms with van der Waals surface area (Å²) in [4.78, 5) is 8.40. The number of aliphatic hydroxyl groups is 1. The highest BCUT2D eigenvalue weighted by Crippen LogP contribution is 2.20. The Morgan fingerprint density at radius 2 is 2.21 bits per heavy atom. The van der Waals surface area contributed by atoms with Gasteiger partial charge in [-0.05, 0) is 24.1 Å². The van der Waals surface area contributed by atoms with E-state index in [1.807, 2.05) is 30.3 Å². The maximum atomic E-state index is 10.1. The molecule has 24 heavy (non-hydrogen) atoms. The fourth-order valence-electron chi connectivity index (χ4n) is 2.15. The number of allylic oxidation sites excluding steroid dienone is 1. The van der Waals surface area contributed by atoms with E-state index >= 15 is 0 Å². The molecule has 0 amide bonds. The molecule has 0 bridgehead atoms. The van der Waals surface area contributed by atoms with Crippen LogP contribution in [0.2, 0.25) is 0 Å². The lowest BCUT2D eigenvalue weighted by Crippen LogP contribution is -2.20. The zero-order chi connectivity index (χ0) is 16.8. The van der Waals surface area contributed by atoms with Crippen LogP contribution in [0.15, 0.2) is 60.5 Å². The highest BCUT2D eigenvalue weighted by molar-refractivity contribution is 7.99. The van der Waals surface area contributed by atoms with Crippen molar-refractivity contribution in [2.24, 2.45) is 0 Å². The summed E-state index contributed by atoms with van der Waals surface area (Å²) in [6.45, 7) is 3.96. The first-order valence-electron chi connectivity index (χ1n) is 7.56. The average molecular weight is 342 g/mol. The molecule has 3 rings (SSSR count). The van der Waals surface area contributed by atoms with Crippen molar-refractivity contribution >= 4 is 17.5 Å². The first-order chi connectivity index (χ1) is 11.8. The third kappa shape index (κ3) is 4.12. The van der Waals surface area contributed by atoms with E-state index in [9.17, 15) is 5.11 Å². The van der Waals surface area contributed by atoms with Gasteiger partial charge in [-0.3, -0.25) is 0 Å². The Hall–Kier alpha value is -2.38. The Morgan fingerprint density at radius 3 is 3.04 bits per heavy atom. The van der Waals surface area contributed by atoms with Crippen molar-refractivity contribution in [2.45, 2.75) is 17.7 Å². The van der Waals surface area contributed by atoms with Crippen LogP contribution in [0, 0.1) is 0 Å². The minimum atomic E-state index is -0.619. The van der Waals surface area contributed by atoms with Gasteiger partial charge in [-0.25, -0.2) is 9.50 Å². The van der Waals surface area contributed by atoms with E-state index in [1.165, 1.54) is 11.8 Å². The number of hydrogen-bond acceptors (Lipinski definition) is 6. The number of thioether (sulfide) groups is 1. The van der Waals surface area contributed by atoms with Crippen LogP contribution in [0.3, 0.4) is 0 Å². The Labute approximate surface area is 144 Å². The number of hydrogen-bond donors (Lipinski definition) is 1. The average Bonchev–Trinajstić information content (AvgIpc) is 3.02. The van der Waals surface area contributed by atoms with Crippen molar-refractivity contribution in [3.05, 3.63) is 60.9 Å². The van der Waals surface area contributed by atoms with Crippen molar-refractivity contribution in [3.8, 4) is 5.75 Å². The third-order valence-electron chi connectivity index (χ3n) is 3.27. The first-order valence-corrected chi connectivity index (χ1v) is 8.54. The molecular formula is C17H18N4O2S. The second-order valence-corrected chi connectivity index (χ2v) is 6.12. The summed E-state index contributed by atoms with van der Waals surface area (Å²) >= 11 is 1.37. The van der Waals surface area contributed by atoms with Crippen LogP contribution in [0.4, 0.5) is 0 Å². The van der Waals surface area contributed by atoms with Gasteiger partial charge in [0.25, 0.3) is 5.78 Å². The molecule has 2 heterocycles. The highest BCUT2D eigenvalue weighted by Gasteiger charge is 2.11. The van der Waals surface area contributed by atoms with E-state index in [4.69, 9.17) is 4.74 Å². The molecule has 0 saturated carbocycles. The Kier molecular flexibility index (Phi) is 5.45. The molecule has 1 atom stereocenters. The number of benzene rings is 1.